The maximum absolute atomic E-state index is 6.24. The number of nitrogens with zero attached hydrogens (tertiary/aromatic N) is 2. The number of fused-ring (bicyclic) bond motifs is 3. The topological polar surface area (TPSA) is 41.7 Å². The Hall–Kier alpha value is -0.160. The second kappa shape index (κ2) is 5.08. The van der Waals surface area contributed by atoms with Crippen molar-refractivity contribution in [1.29, 1.82) is 0 Å². The van der Waals surface area contributed by atoms with E-state index >= 15 is 0 Å². The molecule has 4 heterocycles. The summed E-state index contributed by atoms with van der Waals surface area (Å²) in [7, 11) is 0. The van der Waals surface area contributed by atoms with E-state index in [1.807, 2.05) is 0 Å². The Balaban J connectivity index is 1.81. The fraction of sp³-hybridized carbons (Fsp3) is 1.00. The Bertz CT molecular complexity index is 291. The zero-order valence-electron chi connectivity index (χ0n) is 11.6. The van der Waals surface area contributed by atoms with Crippen LogP contribution in [0.2, 0.25) is 0 Å². The maximum atomic E-state index is 6.24. The van der Waals surface area contributed by atoms with Crippen molar-refractivity contribution in [3.8, 4) is 0 Å². The minimum atomic E-state index is 0.235. The van der Waals surface area contributed by atoms with Crippen LogP contribution >= 0.6 is 0 Å². The number of hydrogen-bond donors (Lipinski definition) is 1. The molecule has 104 valence electrons. The largest absolute Gasteiger partial charge is 0.377 e. The van der Waals surface area contributed by atoms with Crippen LogP contribution in [0.15, 0.2) is 0 Å². The highest BCUT2D eigenvalue weighted by Crippen LogP contribution is 2.39. The molecule has 4 rings (SSSR count). The van der Waals surface area contributed by atoms with Gasteiger partial charge in [0.15, 0.2) is 0 Å². The molecule has 0 aliphatic carbocycles. The molecule has 0 amide bonds. The standard InChI is InChI=1S/C14H27N3O/c1-12-9-17(5-2-8-18-12)14(10-15)11-16-6-3-13(14)4-7-16/h12-13H,2-11,15H2,1H3. The number of piperidine rings is 3. The molecule has 0 aromatic rings. The third-order valence-corrected chi connectivity index (χ3v) is 5.28. The van der Waals surface area contributed by atoms with E-state index in [9.17, 15) is 0 Å². The first-order valence-corrected chi connectivity index (χ1v) is 7.54. The zero-order valence-corrected chi connectivity index (χ0v) is 11.6. The Kier molecular flexibility index (Phi) is 3.63. The van der Waals surface area contributed by atoms with E-state index in [0.717, 1.165) is 38.6 Å². The molecule has 4 aliphatic rings. The Morgan fingerprint density at radius 1 is 1.28 bits per heavy atom. The number of nitrogens with two attached hydrogens (primary N) is 1. The van der Waals surface area contributed by atoms with Crippen LogP contribution < -0.4 is 5.73 Å². The maximum Gasteiger partial charge on any atom is 0.0674 e. The highest BCUT2D eigenvalue weighted by atomic mass is 16.5. The molecule has 2 atom stereocenters. The fourth-order valence-electron chi connectivity index (χ4n) is 4.26. The predicted octanol–water partition coefficient (Wildman–Crippen LogP) is 0.520. The number of ether oxygens (including phenoxy) is 1. The van der Waals surface area contributed by atoms with Gasteiger partial charge in [-0.05, 0) is 45.2 Å². The molecule has 2 bridgehead atoms. The van der Waals surface area contributed by atoms with Crippen molar-refractivity contribution in [2.45, 2.75) is 37.8 Å². The molecule has 4 nitrogen and oxygen atoms in total. The van der Waals surface area contributed by atoms with Crippen molar-refractivity contribution < 1.29 is 4.74 Å². The number of hydrogen-bond acceptors (Lipinski definition) is 4. The fourth-order valence-corrected chi connectivity index (χ4v) is 4.26. The zero-order chi connectivity index (χ0) is 12.6. The summed E-state index contributed by atoms with van der Waals surface area (Å²) in [6, 6.07) is 0. The lowest BCUT2D eigenvalue weighted by molar-refractivity contribution is -0.0733. The van der Waals surface area contributed by atoms with Gasteiger partial charge in [-0.1, -0.05) is 0 Å². The van der Waals surface area contributed by atoms with Crippen LogP contribution in [0.3, 0.4) is 0 Å². The van der Waals surface area contributed by atoms with Crippen molar-refractivity contribution in [3.05, 3.63) is 0 Å². The van der Waals surface area contributed by atoms with Gasteiger partial charge >= 0.3 is 0 Å². The smallest absolute Gasteiger partial charge is 0.0674 e. The Morgan fingerprint density at radius 2 is 2.06 bits per heavy atom. The van der Waals surface area contributed by atoms with Crippen molar-refractivity contribution >= 4 is 0 Å². The Morgan fingerprint density at radius 3 is 2.67 bits per heavy atom. The van der Waals surface area contributed by atoms with Crippen molar-refractivity contribution in [2.75, 3.05) is 45.9 Å². The molecule has 0 spiro atoms. The molecule has 4 heteroatoms. The van der Waals surface area contributed by atoms with E-state index in [1.54, 1.807) is 0 Å². The van der Waals surface area contributed by atoms with Gasteiger partial charge in [-0.15, -0.1) is 0 Å². The SMILES string of the molecule is CC1CN(C2(CN)CN3CCC2CC3)CCCO1. The van der Waals surface area contributed by atoms with Crippen LogP contribution in [0.25, 0.3) is 0 Å². The molecule has 2 unspecified atom stereocenters. The van der Waals surface area contributed by atoms with Crippen LogP contribution in [-0.4, -0.2) is 67.3 Å². The Labute approximate surface area is 110 Å². The van der Waals surface area contributed by atoms with Crippen LogP contribution in [0.1, 0.15) is 26.2 Å². The van der Waals surface area contributed by atoms with Crippen LogP contribution in [0, 0.1) is 5.92 Å². The summed E-state index contributed by atoms with van der Waals surface area (Å²) in [5.41, 5.74) is 6.48. The van der Waals surface area contributed by atoms with Crippen molar-refractivity contribution in [3.63, 3.8) is 0 Å². The summed E-state index contributed by atoms with van der Waals surface area (Å²) < 4.78 is 5.80. The normalized spacial score (nSPS) is 46.0. The summed E-state index contributed by atoms with van der Waals surface area (Å²) >= 11 is 0. The quantitative estimate of drug-likeness (QED) is 0.779. The van der Waals surface area contributed by atoms with Gasteiger partial charge in [0.2, 0.25) is 0 Å². The summed E-state index contributed by atoms with van der Waals surface area (Å²) in [4.78, 5) is 5.28. The van der Waals surface area contributed by atoms with Crippen LogP contribution in [0.4, 0.5) is 0 Å². The summed E-state index contributed by atoms with van der Waals surface area (Å²) in [5.74, 6) is 0.804. The third-order valence-electron chi connectivity index (χ3n) is 5.28. The minimum Gasteiger partial charge on any atom is -0.377 e. The van der Waals surface area contributed by atoms with Crippen molar-refractivity contribution in [1.82, 2.24) is 9.80 Å². The van der Waals surface area contributed by atoms with Gasteiger partial charge in [-0.25, -0.2) is 0 Å². The van der Waals surface area contributed by atoms with Gasteiger partial charge in [-0.2, -0.15) is 0 Å². The van der Waals surface area contributed by atoms with Crippen molar-refractivity contribution in [2.24, 2.45) is 11.7 Å². The van der Waals surface area contributed by atoms with Gasteiger partial charge in [-0.3, -0.25) is 4.90 Å². The van der Waals surface area contributed by atoms with E-state index in [4.69, 9.17) is 10.5 Å². The molecule has 0 radical (unpaired) electrons. The molecule has 4 aliphatic heterocycles. The minimum absolute atomic E-state index is 0.235. The molecule has 0 aromatic heterocycles. The average Bonchev–Trinajstić information content (AvgIpc) is 2.64. The highest BCUT2D eigenvalue weighted by molar-refractivity contribution is 5.06. The average molecular weight is 253 g/mol. The number of rotatable bonds is 2. The van der Waals surface area contributed by atoms with E-state index in [-0.39, 0.29) is 5.54 Å². The first-order chi connectivity index (χ1) is 8.74. The van der Waals surface area contributed by atoms with Crippen LogP contribution in [0.5, 0.6) is 0 Å². The van der Waals surface area contributed by atoms with E-state index < -0.39 is 0 Å². The lowest BCUT2D eigenvalue weighted by Crippen LogP contribution is -2.70. The second-order valence-corrected chi connectivity index (χ2v) is 6.34. The summed E-state index contributed by atoms with van der Waals surface area (Å²) in [5, 5.41) is 0. The molecular formula is C14H27N3O. The van der Waals surface area contributed by atoms with Gasteiger partial charge in [0.1, 0.15) is 0 Å². The van der Waals surface area contributed by atoms with E-state index in [2.05, 4.69) is 16.7 Å². The molecule has 4 fully saturated rings. The van der Waals surface area contributed by atoms with E-state index in [1.165, 1.54) is 32.5 Å². The molecule has 18 heavy (non-hydrogen) atoms. The second-order valence-electron chi connectivity index (χ2n) is 6.34. The van der Waals surface area contributed by atoms with Gasteiger partial charge < -0.3 is 15.4 Å². The molecule has 2 N–H and O–H groups in total. The lowest BCUT2D eigenvalue weighted by Gasteiger charge is -2.58. The first-order valence-electron chi connectivity index (χ1n) is 7.54. The van der Waals surface area contributed by atoms with Gasteiger partial charge in [0.05, 0.1) is 6.10 Å². The monoisotopic (exact) mass is 253 g/mol. The van der Waals surface area contributed by atoms with Gasteiger partial charge in [0, 0.05) is 38.3 Å². The molecule has 0 aromatic carbocycles. The predicted molar refractivity (Wildman–Crippen MR) is 72.6 cm³/mol. The summed E-state index contributed by atoms with van der Waals surface area (Å²) in [6.45, 7) is 9.88. The lowest BCUT2D eigenvalue weighted by atomic mass is 9.71. The molecule has 4 saturated heterocycles. The van der Waals surface area contributed by atoms with Crippen LogP contribution in [-0.2, 0) is 4.74 Å². The first kappa shape index (κ1) is 12.9. The molecule has 0 saturated carbocycles. The molecular weight excluding hydrogens is 226 g/mol. The highest BCUT2D eigenvalue weighted by Gasteiger charge is 2.49. The third kappa shape index (κ3) is 2.09. The summed E-state index contributed by atoms with van der Waals surface area (Å²) in [6.07, 6.45) is 4.18. The van der Waals surface area contributed by atoms with E-state index in [0.29, 0.717) is 6.10 Å². The van der Waals surface area contributed by atoms with Gasteiger partial charge in [0.25, 0.3) is 0 Å².